The van der Waals surface area contributed by atoms with Crippen LogP contribution in [0.15, 0.2) is 46.2 Å². The predicted molar refractivity (Wildman–Crippen MR) is 110 cm³/mol. The summed E-state index contributed by atoms with van der Waals surface area (Å²) in [6.07, 6.45) is 3.88. The van der Waals surface area contributed by atoms with Gasteiger partial charge in [-0.2, -0.15) is 0 Å². The molecule has 0 spiro atoms. The summed E-state index contributed by atoms with van der Waals surface area (Å²) in [5, 5.41) is 16.9. The van der Waals surface area contributed by atoms with Crippen LogP contribution < -0.4 is 4.74 Å². The molecule has 1 aliphatic rings. The van der Waals surface area contributed by atoms with Gasteiger partial charge in [0.15, 0.2) is 0 Å². The zero-order chi connectivity index (χ0) is 19.6. The molecule has 1 fully saturated rings. The summed E-state index contributed by atoms with van der Waals surface area (Å²) < 4.78 is 12.8. The molecule has 1 aliphatic heterocycles. The number of hydrogen-bond acceptors (Lipinski definition) is 9. The lowest BCUT2D eigenvalue weighted by atomic mass is 10.1. The van der Waals surface area contributed by atoms with Crippen LogP contribution in [0.2, 0.25) is 0 Å². The maximum absolute atomic E-state index is 5.73. The zero-order valence-corrected chi connectivity index (χ0v) is 17.3. The van der Waals surface area contributed by atoms with Gasteiger partial charge in [0.1, 0.15) is 21.9 Å². The minimum atomic E-state index is 0.166. The summed E-state index contributed by atoms with van der Waals surface area (Å²) in [4.78, 5) is 9.92. The van der Waals surface area contributed by atoms with Gasteiger partial charge in [0.05, 0.1) is 25.1 Å². The zero-order valence-electron chi connectivity index (χ0n) is 15.7. The third-order valence-electron chi connectivity index (χ3n) is 4.82. The molecule has 5 rings (SSSR count). The summed E-state index contributed by atoms with van der Waals surface area (Å²) in [7, 11) is 1.67. The van der Waals surface area contributed by atoms with Crippen molar-refractivity contribution in [2.45, 2.75) is 35.7 Å². The van der Waals surface area contributed by atoms with Gasteiger partial charge >= 0.3 is 0 Å². The van der Waals surface area contributed by atoms with Crippen molar-refractivity contribution in [2.75, 3.05) is 13.7 Å². The summed E-state index contributed by atoms with van der Waals surface area (Å²) in [5.74, 6) is 0.826. The Morgan fingerprint density at radius 1 is 1.28 bits per heavy atom. The Labute approximate surface area is 175 Å². The second kappa shape index (κ2) is 8.05. The SMILES string of the molecule is COc1ccc(-c2csc3ncnc(Sc4nnnn4C[C@@H]4CCCO4)c23)cc1. The molecule has 0 amide bonds. The van der Waals surface area contributed by atoms with Crippen molar-refractivity contribution in [3.05, 3.63) is 36.0 Å². The van der Waals surface area contributed by atoms with Gasteiger partial charge in [-0.1, -0.05) is 12.1 Å². The molecule has 8 nitrogen and oxygen atoms in total. The fourth-order valence-corrected chi connectivity index (χ4v) is 5.22. The van der Waals surface area contributed by atoms with E-state index in [0.29, 0.717) is 11.7 Å². The maximum atomic E-state index is 5.73. The van der Waals surface area contributed by atoms with Crippen LogP contribution in [-0.4, -0.2) is 50.0 Å². The van der Waals surface area contributed by atoms with Crippen LogP contribution in [0.25, 0.3) is 21.3 Å². The Morgan fingerprint density at radius 2 is 2.17 bits per heavy atom. The standard InChI is InChI=1S/C19H18N6O2S2/c1-26-13-6-4-12(5-7-13)15-10-28-17-16(15)18(21-11-20-17)29-19-22-23-24-25(19)9-14-3-2-8-27-14/h4-7,10-11,14H,2-3,8-9H2,1H3/t14-/m0/s1. The molecule has 3 aromatic heterocycles. The first-order valence-corrected chi connectivity index (χ1v) is 10.9. The highest BCUT2D eigenvalue weighted by Crippen LogP contribution is 2.39. The molecule has 0 aliphatic carbocycles. The second-order valence-electron chi connectivity index (χ2n) is 6.62. The smallest absolute Gasteiger partial charge is 0.215 e. The average Bonchev–Trinajstić information content (AvgIpc) is 3.51. The van der Waals surface area contributed by atoms with Crippen LogP contribution >= 0.6 is 23.1 Å². The molecule has 0 unspecified atom stereocenters. The Kier molecular flexibility index (Phi) is 5.13. The molecule has 4 aromatic rings. The summed E-state index contributed by atoms with van der Waals surface area (Å²) in [6, 6.07) is 8.00. The third-order valence-corrected chi connectivity index (χ3v) is 6.69. The number of hydrogen-bond donors (Lipinski definition) is 0. The Morgan fingerprint density at radius 3 is 2.97 bits per heavy atom. The fraction of sp³-hybridized carbons (Fsp3) is 0.316. The van der Waals surface area contributed by atoms with Crippen LogP contribution in [0.4, 0.5) is 0 Å². The van der Waals surface area contributed by atoms with Crippen molar-refractivity contribution in [3.63, 3.8) is 0 Å². The van der Waals surface area contributed by atoms with Gasteiger partial charge in [0, 0.05) is 17.6 Å². The topological polar surface area (TPSA) is 87.8 Å². The number of nitrogens with zero attached hydrogens (tertiary/aromatic N) is 6. The van der Waals surface area contributed by atoms with Gasteiger partial charge in [-0.3, -0.25) is 0 Å². The third kappa shape index (κ3) is 3.70. The van der Waals surface area contributed by atoms with Gasteiger partial charge in [-0.05, 0) is 52.7 Å². The lowest BCUT2D eigenvalue weighted by molar-refractivity contribution is 0.0912. The van der Waals surface area contributed by atoms with E-state index in [1.54, 1.807) is 29.5 Å². The largest absolute Gasteiger partial charge is 0.497 e. The van der Waals surface area contributed by atoms with Gasteiger partial charge in [-0.15, -0.1) is 16.4 Å². The van der Waals surface area contributed by atoms with E-state index in [1.807, 2.05) is 24.3 Å². The average molecular weight is 427 g/mol. The molecule has 0 bridgehead atoms. The van der Waals surface area contributed by atoms with E-state index < -0.39 is 0 Å². The number of ether oxygens (including phenoxy) is 2. The molecular formula is C19H18N6O2S2. The maximum Gasteiger partial charge on any atom is 0.215 e. The first-order valence-electron chi connectivity index (χ1n) is 9.24. The van der Waals surface area contributed by atoms with Gasteiger partial charge in [0.25, 0.3) is 0 Å². The number of aromatic nitrogens is 6. The molecule has 0 saturated carbocycles. The Balaban J connectivity index is 1.49. The highest BCUT2D eigenvalue weighted by molar-refractivity contribution is 7.99. The van der Waals surface area contributed by atoms with Gasteiger partial charge in [0.2, 0.25) is 5.16 Å². The second-order valence-corrected chi connectivity index (χ2v) is 8.43. The number of thiophene rings is 1. The van der Waals surface area contributed by atoms with Crippen molar-refractivity contribution >= 4 is 33.3 Å². The van der Waals surface area contributed by atoms with Crippen molar-refractivity contribution in [3.8, 4) is 16.9 Å². The highest BCUT2D eigenvalue weighted by atomic mass is 32.2. The van der Waals surface area contributed by atoms with Crippen molar-refractivity contribution in [1.82, 2.24) is 30.2 Å². The summed E-state index contributed by atoms with van der Waals surface area (Å²) in [5.41, 5.74) is 2.18. The molecular weight excluding hydrogens is 408 g/mol. The van der Waals surface area contributed by atoms with Gasteiger partial charge < -0.3 is 9.47 Å². The minimum absolute atomic E-state index is 0.166. The van der Waals surface area contributed by atoms with E-state index in [2.05, 4.69) is 30.9 Å². The number of tetrazole rings is 1. The van der Waals surface area contributed by atoms with E-state index >= 15 is 0 Å². The first kappa shape index (κ1) is 18.5. The van der Waals surface area contributed by atoms with Crippen molar-refractivity contribution in [2.24, 2.45) is 0 Å². The number of methoxy groups -OCH3 is 1. The van der Waals surface area contributed by atoms with Crippen LogP contribution in [0, 0.1) is 0 Å². The van der Waals surface area contributed by atoms with Crippen LogP contribution in [0.3, 0.4) is 0 Å². The van der Waals surface area contributed by atoms with E-state index in [9.17, 15) is 0 Å². The normalized spacial score (nSPS) is 16.5. The van der Waals surface area contributed by atoms with E-state index in [1.165, 1.54) is 11.8 Å². The van der Waals surface area contributed by atoms with E-state index in [0.717, 1.165) is 51.6 Å². The Bertz CT molecular complexity index is 1120. The molecule has 148 valence electrons. The molecule has 1 saturated heterocycles. The Hall–Kier alpha value is -2.56. The molecule has 0 radical (unpaired) electrons. The predicted octanol–water partition coefficient (Wildman–Crippen LogP) is 3.68. The lowest BCUT2D eigenvalue weighted by Gasteiger charge is -2.10. The molecule has 29 heavy (non-hydrogen) atoms. The van der Waals surface area contributed by atoms with E-state index in [-0.39, 0.29) is 6.10 Å². The number of rotatable bonds is 6. The fourth-order valence-electron chi connectivity index (χ4n) is 3.36. The van der Waals surface area contributed by atoms with Gasteiger partial charge in [-0.25, -0.2) is 14.6 Å². The molecule has 1 aromatic carbocycles. The molecule has 1 atom stereocenters. The van der Waals surface area contributed by atoms with Crippen molar-refractivity contribution < 1.29 is 9.47 Å². The number of fused-ring (bicyclic) bond motifs is 1. The monoisotopic (exact) mass is 426 g/mol. The summed E-state index contributed by atoms with van der Waals surface area (Å²) in [6.45, 7) is 1.46. The number of benzene rings is 1. The molecule has 10 heteroatoms. The van der Waals surface area contributed by atoms with Crippen LogP contribution in [-0.2, 0) is 11.3 Å². The quantitative estimate of drug-likeness (QED) is 0.432. The molecule has 0 N–H and O–H groups in total. The molecule has 4 heterocycles. The minimum Gasteiger partial charge on any atom is -0.497 e. The highest BCUT2D eigenvalue weighted by Gasteiger charge is 2.21. The van der Waals surface area contributed by atoms with E-state index in [4.69, 9.17) is 9.47 Å². The van der Waals surface area contributed by atoms with Crippen LogP contribution in [0.1, 0.15) is 12.8 Å². The van der Waals surface area contributed by atoms with Crippen molar-refractivity contribution in [1.29, 1.82) is 0 Å². The van der Waals surface area contributed by atoms with Crippen LogP contribution in [0.5, 0.6) is 5.75 Å². The first-order chi connectivity index (χ1) is 14.3. The summed E-state index contributed by atoms with van der Waals surface area (Å²) >= 11 is 3.06. The lowest BCUT2D eigenvalue weighted by Crippen LogP contribution is -2.16.